The third kappa shape index (κ3) is 2.56. The first-order valence-corrected chi connectivity index (χ1v) is 7.62. The molecule has 0 aromatic heterocycles. The second-order valence-corrected chi connectivity index (χ2v) is 7.23. The first-order chi connectivity index (χ1) is 8.55. The Hall–Kier alpha value is -0.570. The van der Waals surface area contributed by atoms with E-state index in [0.29, 0.717) is 23.4 Å². The summed E-state index contributed by atoms with van der Waals surface area (Å²) in [5, 5.41) is 3.53. The van der Waals surface area contributed by atoms with Gasteiger partial charge in [0.05, 0.1) is 6.04 Å². The molecule has 2 atom stereocenters. The number of rotatable bonds is 3. The lowest BCUT2D eigenvalue weighted by Gasteiger charge is -2.37. The predicted molar refractivity (Wildman–Crippen MR) is 72.3 cm³/mol. The Kier molecular flexibility index (Phi) is 3.13. The standard InChI is InChI=1S/C15H26N2O/c1-15(2)8-7-12(10-15)17-9-3-4-13(14(17)18)16-11-5-6-11/h11-13,16H,3-10H2,1-2H3. The van der Waals surface area contributed by atoms with Crippen LogP contribution in [0.1, 0.15) is 58.8 Å². The summed E-state index contributed by atoms with van der Waals surface area (Å²) < 4.78 is 0. The quantitative estimate of drug-likeness (QED) is 0.833. The summed E-state index contributed by atoms with van der Waals surface area (Å²) >= 11 is 0. The first kappa shape index (κ1) is 12.5. The van der Waals surface area contributed by atoms with Crippen molar-refractivity contribution < 1.29 is 4.79 Å². The van der Waals surface area contributed by atoms with E-state index in [4.69, 9.17) is 0 Å². The fourth-order valence-electron chi connectivity index (χ4n) is 3.62. The van der Waals surface area contributed by atoms with Crippen molar-refractivity contribution in [2.45, 2.75) is 76.9 Å². The van der Waals surface area contributed by atoms with Crippen LogP contribution in [0.3, 0.4) is 0 Å². The smallest absolute Gasteiger partial charge is 0.239 e. The summed E-state index contributed by atoms with van der Waals surface area (Å²) in [7, 11) is 0. The summed E-state index contributed by atoms with van der Waals surface area (Å²) in [4.78, 5) is 14.7. The van der Waals surface area contributed by atoms with E-state index in [2.05, 4.69) is 24.1 Å². The van der Waals surface area contributed by atoms with E-state index in [1.54, 1.807) is 0 Å². The molecule has 2 saturated carbocycles. The predicted octanol–water partition coefficient (Wildman–Crippen LogP) is 2.31. The topological polar surface area (TPSA) is 32.3 Å². The average molecular weight is 250 g/mol. The highest BCUT2D eigenvalue weighted by atomic mass is 16.2. The molecule has 3 rings (SSSR count). The molecule has 3 aliphatic rings. The fourth-order valence-corrected chi connectivity index (χ4v) is 3.62. The van der Waals surface area contributed by atoms with Crippen molar-refractivity contribution in [3.8, 4) is 0 Å². The Balaban J connectivity index is 1.62. The maximum atomic E-state index is 12.6. The summed E-state index contributed by atoms with van der Waals surface area (Å²) in [6, 6.07) is 1.27. The van der Waals surface area contributed by atoms with Crippen LogP contribution in [0.4, 0.5) is 0 Å². The summed E-state index contributed by atoms with van der Waals surface area (Å²) in [5.41, 5.74) is 0.432. The van der Waals surface area contributed by atoms with Crippen LogP contribution in [0.2, 0.25) is 0 Å². The lowest BCUT2D eigenvalue weighted by molar-refractivity contribution is -0.138. The molecule has 3 heteroatoms. The first-order valence-electron chi connectivity index (χ1n) is 7.62. The molecule has 18 heavy (non-hydrogen) atoms. The van der Waals surface area contributed by atoms with Gasteiger partial charge in [-0.05, 0) is 50.4 Å². The molecule has 0 bridgehead atoms. The Morgan fingerprint density at radius 3 is 2.61 bits per heavy atom. The van der Waals surface area contributed by atoms with Gasteiger partial charge in [0.1, 0.15) is 0 Å². The maximum absolute atomic E-state index is 12.6. The summed E-state index contributed by atoms with van der Waals surface area (Å²) in [5.74, 6) is 0.385. The highest BCUT2D eigenvalue weighted by molar-refractivity contribution is 5.83. The van der Waals surface area contributed by atoms with Crippen molar-refractivity contribution in [2.75, 3.05) is 6.54 Å². The number of hydrogen-bond acceptors (Lipinski definition) is 2. The van der Waals surface area contributed by atoms with Crippen LogP contribution in [-0.2, 0) is 4.79 Å². The zero-order valence-electron chi connectivity index (χ0n) is 11.7. The minimum Gasteiger partial charge on any atom is -0.338 e. The van der Waals surface area contributed by atoms with Gasteiger partial charge >= 0.3 is 0 Å². The lowest BCUT2D eigenvalue weighted by atomic mass is 9.91. The van der Waals surface area contributed by atoms with Gasteiger partial charge in [0.2, 0.25) is 5.91 Å². The third-order valence-electron chi connectivity index (χ3n) is 4.87. The molecule has 2 unspecified atom stereocenters. The van der Waals surface area contributed by atoms with Gasteiger partial charge in [0.25, 0.3) is 0 Å². The van der Waals surface area contributed by atoms with Crippen molar-refractivity contribution in [1.82, 2.24) is 10.2 Å². The number of piperidine rings is 1. The van der Waals surface area contributed by atoms with Gasteiger partial charge in [0, 0.05) is 18.6 Å². The van der Waals surface area contributed by atoms with E-state index < -0.39 is 0 Å². The van der Waals surface area contributed by atoms with Gasteiger partial charge in [-0.3, -0.25) is 4.79 Å². The monoisotopic (exact) mass is 250 g/mol. The molecule has 3 nitrogen and oxygen atoms in total. The third-order valence-corrected chi connectivity index (χ3v) is 4.87. The summed E-state index contributed by atoms with van der Waals surface area (Å²) in [6.07, 6.45) is 8.40. The minimum atomic E-state index is 0.120. The zero-order valence-corrected chi connectivity index (χ0v) is 11.7. The van der Waals surface area contributed by atoms with Crippen molar-refractivity contribution in [1.29, 1.82) is 0 Å². The molecule has 0 radical (unpaired) electrons. The van der Waals surface area contributed by atoms with Crippen LogP contribution < -0.4 is 5.32 Å². The summed E-state index contributed by atoms with van der Waals surface area (Å²) in [6.45, 7) is 5.66. The Labute approximate surface area is 110 Å². The molecule has 1 amide bonds. The van der Waals surface area contributed by atoms with E-state index in [0.717, 1.165) is 13.0 Å². The van der Waals surface area contributed by atoms with Crippen molar-refractivity contribution in [3.63, 3.8) is 0 Å². The van der Waals surface area contributed by atoms with E-state index in [-0.39, 0.29) is 6.04 Å². The Morgan fingerprint density at radius 1 is 1.22 bits per heavy atom. The molecule has 0 spiro atoms. The van der Waals surface area contributed by atoms with Crippen LogP contribution in [0, 0.1) is 5.41 Å². The van der Waals surface area contributed by atoms with E-state index in [1.165, 1.54) is 38.5 Å². The number of nitrogens with one attached hydrogen (secondary N) is 1. The van der Waals surface area contributed by atoms with Crippen LogP contribution in [0.15, 0.2) is 0 Å². The van der Waals surface area contributed by atoms with Crippen molar-refractivity contribution >= 4 is 5.91 Å². The molecule has 2 aliphatic carbocycles. The number of likely N-dealkylation sites (tertiary alicyclic amines) is 1. The average Bonchev–Trinajstić information content (AvgIpc) is 3.05. The minimum absolute atomic E-state index is 0.120. The highest BCUT2D eigenvalue weighted by Crippen LogP contribution is 2.40. The van der Waals surface area contributed by atoms with Crippen molar-refractivity contribution in [2.24, 2.45) is 5.41 Å². The number of carbonyl (C=O) groups is 1. The number of carbonyl (C=O) groups excluding carboxylic acids is 1. The SMILES string of the molecule is CC1(C)CCC(N2CCCC(NC3CC3)C2=O)C1. The molecule has 102 valence electrons. The van der Waals surface area contributed by atoms with Crippen LogP contribution in [-0.4, -0.2) is 35.5 Å². The maximum Gasteiger partial charge on any atom is 0.239 e. The van der Waals surface area contributed by atoms with Gasteiger partial charge in [-0.1, -0.05) is 13.8 Å². The fraction of sp³-hybridized carbons (Fsp3) is 0.933. The van der Waals surface area contributed by atoms with Gasteiger partial charge in [-0.15, -0.1) is 0 Å². The van der Waals surface area contributed by atoms with Gasteiger partial charge in [0.15, 0.2) is 0 Å². The largest absolute Gasteiger partial charge is 0.338 e. The molecule has 0 aromatic rings. The number of amides is 1. The molecule has 1 saturated heterocycles. The number of nitrogens with zero attached hydrogens (tertiary/aromatic N) is 1. The molecule has 1 heterocycles. The second-order valence-electron chi connectivity index (χ2n) is 7.23. The Bertz CT molecular complexity index is 335. The van der Waals surface area contributed by atoms with Crippen LogP contribution >= 0.6 is 0 Å². The zero-order chi connectivity index (χ0) is 12.8. The van der Waals surface area contributed by atoms with E-state index >= 15 is 0 Å². The second kappa shape index (κ2) is 4.52. The molecule has 1 aliphatic heterocycles. The molecule has 3 fully saturated rings. The molecule has 0 aromatic carbocycles. The highest BCUT2D eigenvalue weighted by Gasteiger charge is 2.40. The van der Waals surface area contributed by atoms with Crippen LogP contribution in [0.5, 0.6) is 0 Å². The number of hydrogen-bond donors (Lipinski definition) is 1. The molecular formula is C15H26N2O. The van der Waals surface area contributed by atoms with Gasteiger partial charge in [-0.2, -0.15) is 0 Å². The van der Waals surface area contributed by atoms with E-state index in [9.17, 15) is 4.79 Å². The normalized spacial score (nSPS) is 36.1. The Morgan fingerprint density at radius 2 is 2.00 bits per heavy atom. The van der Waals surface area contributed by atoms with Crippen molar-refractivity contribution in [3.05, 3.63) is 0 Å². The van der Waals surface area contributed by atoms with Crippen LogP contribution in [0.25, 0.3) is 0 Å². The van der Waals surface area contributed by atoms with Gasteiger partial charge in [-0.25, -0.2) is 0 Å². The van der Waals surface area contributed by atoms with E-state index in [1.807, 2.05) is 0 Å². The lowest BCUT2D eigenvalue weighted by Crippen LogP contribution is -2.54. The molecule has 1 N–H and O–H groups in total. The molecular weight excluding hydrogens is 224 g/mol. The van der Waals surface area contributed by atoms with Gasteiger partial charge < -0.3 is 10.2 Å².